The summed E-state index contributed by atoms with van der Waals surface area (Å²) in [4.78, 5) is 12.1. The zero-order valence-electron chi connectivity index (χ0n) is 10.0. The minimum Gasteiger partial charge on any atom is -0.322 e. The maximum absolute atomic E-state index is 12.1. The van der Waals surface area contributed by atoms with Crippen LogP contribution in [0.1, 0.15) is 15.9 Å². The molecule has 0 aliphatic carbocycles. The lowest BCUT2D eigenvalue weighted by Gasteiger charge is -2.08. The van der Waals surface area contributed by atoms with Gasteiger partial charge in [-0.25, -0.2) is 0 Å². The van der Waals surface area contributed by atoms with E-state index in [1.807, 2.05) is 25.1 Å². The van der Waals surface area contributed by atoms with E-state index in [4.69, 9.17) is 11.6 Å². The summed E-state index contributed by atoms with van der Waals surface area (Å²) in [6.45, 7) is 1.97. The topological polar surface area (TPSA) is 29.1 Å². The number of carbonyl (C=O) groups is 1. The van der Waals surface area contributed by atoms with Crippen LogP contribution in [-0.2, 0) is 0 Å². The Bertz CT molecular complexity index is 643. The smallest absolute Gasteiger partial charge is 0.256 e. The van der Waals surface area contributed by atoms with Crippen LogP contribution in [0.25, 0.3) is 0 Å². The van der Waals surface area contributed by atoms with Gasteiger partial charge in [-0.1, -0.05) is 27.5 Å². The van der Waals surface area contributed by atoms with Gasteiger partial charge in [0.2, 0.25) is 0 Å². The third-order valence-corrected chi connectivity index (χ3v) is 4.37. The average molecular weight is 404 g/mol. The molecule has 0 aliphatic heterocycles. The summed E-state index contributed by atoms with van der Waals surface area (Å²) < 4.78 is 1.68. The Morgan fingerprint density at radius 3 is 2.47 bits per heavy atom. The molecule has 5 heteroatoms. The van der Waals surface area contributed by atoms with Crippen LogP contribution in [0.3, 0.4) is 0 Å². The lowest BCUT2D eigenvalue weighted by molar-refractivity contribution is 0.102. The quantitative estimate of drug-likeness (QED) is 0.712. The second-order valence-corrected chi connectivity index (χ2v) is 6.19. The normalized spacial score (nSPS) is 10.3. The molecule has 1 N–H and O–H groups in total. The molecule has 0 atom stereocenters. The third kappa shape index (κ3) is 3.59. The van der Waals surface area contributed by atoms with Crippen molar-refractivity contribution in [1.29, 1.82) is 0 Å². The van der Waals surface area contributed by atoms with Crippen molar-refractivity contribution < 1.29 is 4.79 Å². The van der Waals surface area contributed by atoms with Crippen molar-refractivity contribution in [3.63, 3.8) is 0 Å². The van der Waals surface area contributed by atoms with Crippen molar-refractivity contribution in [3.8, 4) is 0 Å². The van der Waals surface area contributed by atoms with Crippen LogP contribution in [-0.4, -0.2) is 5.91 Å². The van der Waals surface area contributed by atoms with Gasteiger partial charge in [0.15, 0.2) is 0 Å². The zero-order chi connectivity index (χ0) is 14.0. The Morgan fingerprint density at radius 2 is 1.84 bits per heavy atom. The van der Waals surface area contributed by atoms with E-state index >= 15 is 0 Å². The lowest BCUT2D eigenvalue weighted by Crippen LogP contribution is -2.12. The molecule has 0 saturated carbocycles. The number of aryl methyl sites for hydroxylation is 1. The molecule has 0 spiro atoms. The van der Waals surface area contributed by atoms with E-state index in [1.54, 1.807) is 18.2 Å². The minimum atomic E-state index is -0.176. The van der Waals surface area contributed by atoms with Gasteiger partial charge in [-0.05, 0) is 64.8 Å². The molecule has 0 fully saturated rings. The van der Waals surface area contributed by atoms with E-state index in [-0.39, 0.29) is 5.91 Å². The van der Waals surface area contributed by atoms with Crippen molar-refractivity contribution in [3.05, 3.63) is 61.5 Å². The molecular formula is C14H10Br2ClNO. The molecule has 0 radical (unpaired) electrons. The molecule has 0 saturated heterocycles. The summed E-state index contributed by atoms with van der Waals surface area (Å²) in [5, 5.41) is 3.44. The summed E-state index contributed by atoms with van der Waals surface area (Å²) in [5.74, 6) is -0.176. The van der Waals surface area contributed by atoms with Gasteiger partial charge in [0.05, 0.1) is 5.56 Å². The van der Waals surface area contributed by atoms with Crippen molar-refractivity contribution in [2.75, 3.05) is 5.32 Å². The standard InChI is InChI=1S/C14H10Br2ClNO/c1-8-6-10(3-5-12(8)15)18-14(19)11-4-2-9(17)7-13(11)16/h2-7H,1H3,(H,18,19). The van der Waals surface area contributed by atoms with Gasteiger partial charge in [-0.3, -0.25) is 4.79 Å². The molecule has 1 amide bonds. The second kappa shape index (κ2) is 6.07. The summed E-state index contributed by atoms with van der Waals surface area (Å²) >= 11 is 12.6. The van der Waals surface area contributed by atoms with E-state index in [0.717, 1.165) is 15.7 Å². The fourth-order valence-electron chi connectivity index (χ4n) is 1.59. The van der Waals surface area contributed by atoms with Crippen LogP contribution in [0.2, 0.25) is 5.02 Å². The largest absolute Gasteiger partial charge is 0.322 e. The number of nitrogens with one attached hydrogen (secondary N) is 1. The number of amides is 1. The van der Waals surface area contributed by atoms with Crippen molar-refractivity contribution >= 4 is 55.1 Å². The number of carbonyl (C=O) groups excluding carboxylic acids is 1. The van der Waals surface area contributed by atoms with Crippen LogP contribution in [0, 0.1) is 6.92 Å². The fourth-order valence-corrected chi connectivity index (χ4v) is 2.70. The number of benzene rings is 2. The van der Waals surface area contributed by atoms with Gasteiger partial charge in [0, 0.05) is 19.7 Å². The Labute approximate surface area is 133 Å². The molecule has 2 aromatic rings. The van der Waals surface area contributed by atoms with Gasteiger partial charge in [-0.2, -0.15) is 0 Å². The highest BCUT2D eigenvalue weighted by Crippen LogP contribution is 2.24. The Morgan fingerprint density at radius 1 is 1.11 bits per heavy atom. The molecule has 98 valence electrons. The van der Waals surface area contributed by atoms with Crippen molar-refractivity contribution in [1.82, 2.24) is 0 Å². The second-order valence-electron chi connectivity index (χ2n) is 4.04. The first-order valence-corrected chi connectivity index (χ1v) is 7.46. The fraction of sp³-hybridized carbons (Fsp3) is 0.0714. The van der Waals surface area contributed by atoms with Gasteiger partial charge < -0.3 is 5.32 Å². The Kier molecular flexibility index (Phi) is 4.66. The van der Waals surface area contributed by atoms with E-state index in [0.29, 0.717) is 15.1 Å². The maximum Gasteiger partial charge on any atom is 0.256 e. The zero-order valence-corrected chi connectivity index (χ0v) is 13.9. The number of hydrogen-bond donors (Lipinski definition) is 1. The number of hydrogen-bond acceptors (Lipinski definition) is 1. The predicted octanol–water partition coefficient (Wildman–Crippen LogP) is 5.43. The van der Waals surface area contributed by atoms with Crippen LogP contribution in [0.4, 0.5) is 5.69 Å². The molecule has 2 aromatic carbocycles. The minimum absolute atomic E-state index is 0.176. The first kappa shape index (κ1) is 14.6. The third-order valence-electron chi connectivity index (χ3n) is 2.59. The van der Waals surface area contributed by atoms with Crippen molar-refractivity contribution in [2.24, 2.45) is 0 Å². The van der Waals surface area contributed by atoms with E-state index in [2.05, 4.69) is 37.2 Å². The lowest BCUT2D eigenvalue weighted by atomic mass is 10.2. The van der Waals surface area contributed by atoms with Gasteiger partial charge in [0.1, 0.15) is 0 Å². The molecule has 2 nitrogen and oxygen atoms in total. The van der Waals surface area contributed by atoms with Crippen LogP contribution < -0.4 is 5.32 Å². The van der Waals surface area contributed by atoms with Gasteiger partial charge in [0.25, 0.3) is 5.91 Å². The molecule has 0 aromatic heterocycles. The molecule has 0 unspecified atom stereocenters. The van der Waals surface area contributed by atoms with Gasteiger partial charge >= 0.3 is 0 Å². The predicted molar refractivity (Wildman–Crippen MR) is 86.0 cm³/mol. The summed E-state index contributed by atoms with van der Waals surface area (Å²) in [6, 6.07) is 10.7. The Balaban J connectivity index is 2.23. The first-order valence-electron chi connectivity index (χ1n) is 5.50. The van der Waals surface area contributed by atoms with E-state index in [1.165, 1.54) is 0 Å². The molecule has 0 aliphatic rings. The summed E-state index contributed by atoms with van der Waals surface area (Å²) in [5.41, 5.74) is 2.37. The maximum atomic E-state index is 12.1. The number of rotatable bonds is 2. The van der Waals surface area contributed by atoms with Crippen molar-refractivity contribution in [2.45, 2.75) is 6.92 Å². The number of halogens is 3. The first-order chi connectivity index (χ1) is 8.97. The Hall–Kier alpha value is -0.840. The average Bonchev–Trinajstić information content (AvgIpc) is 2.33. The molecule has 0 heterocycles. The van der Waals surface area contributed by atoms with Crippen LogP contribution >= 0.6 is 43.5 Å². The summed E-state index contributed by atoms with van der Waals surface area (Å²) in [6.07, 6.45) is 0. The molecular weight excluding hydrogens is 393 g/mol. The van der Waals surface area contributed by atoms with E-state index < -0.39 is 0 Å². The highest BCUT2D eigenvalue weighted by molar-refractivity contribution is 9.10. The SMILES string of the molecule is Cc1cc(NC(=O)c2ccc(Cl)cc2Br)ccc1Br. The van der Waals surface area contributed by atoms with Gasteiger partial charge in [-0.15, -0.1) is 0 Å². The van der Waals surface area contributed by atoms with Crippen LogP contribution in [0.5, 0.6) is 0 Å². The van der Waals surface area contributed by atoms with Crippen LogP contribution in [0.15, 0.2) is 45.3 Å². The molecule has 0 bridgehead atoms. The monoisotopic (exact) mass is 401 g/mol. The van der Waals surface area contributed by atoms with E-state index in [9.17, 15) is 4.79 Å². The highest BCUT2D eigenvalue weighted by atomic mass is 79.9. The molecule has 19 heavy (non-hydrogen) atoms. The highest BCUT2D eigenvalue weighted by Gasteiger charge is 2.11. The molecule has 2 rings (SSSR count). The summed E-state index contributed by atoms with van der Waals surface area (Å²) in [7, 11) is 0. The number of anilines is 1.